The molecule has 33 heavy (non-hydrogen) atoms. The molecule has 6 nitrogen and oxygen atoms in total. The van der Waals surface area contributed by atoms with Gasteiger partial charge in [0.25, 0.3) is 0 Å². The second kappa shape index (κ2) is 9.42. The highest BCUT2D eigenvalue weighted by Crippen LogP contribution is 2.34. The van der Waals surface area contributed by atoms with Gasteiger partial charge in [-0.05, 0) is 19.1 Å². The Balaban J connectivity index is 1.34. The van der Waals surface area contributed by atoms with E-state index in [0.717, 1.165) is 27.7 Å². The monoisotopic (exact) mass is 457 g/mol. The van der Waals surface area contributed by atoms with Gasteiger partial charge < -0.3 is 19.8 Å². The number of nitrogens with one attached hydrogen (secondary N) is 2. The Morgan fingerprint density at radius 1 is 0.970 bits per heavy atom. The topological polar surface area (TPSA) is 76.2 Å². The molecule has 0 radical (unpaired) electrons. The summed E-state index contributed by atoms with van der Waals surface area (Å²) in [5, 5.41) is 3.72. The number of aromatic amines is 1. The molecule has 0 spiro atoms. The van der Waals surface area contributed by atoms with Gasteiger partial charge in [-0.25, -0.2) is 4.98 Å². The lowest BCUT2D eigenvalue weighted by atomic mass is 10.1. The van der Waals surface area contributed by atoms with Crippen molar-refractivity contribution in [2.75, 3.05) is 24.3 Å². The predicted octanol–water partition coefficient (Wildman–Crippen LogP) is 5.55. The first-order valence-corrected chi connectivity index (χ1v) is 11.7. The molecule has 166 valence electrons. The maximum absolute atomic E-state index is 12.7. The summed E-state index contributed by atoms with van der Waals surface area (Å²) in [4.78, 5) is 20.9. The first-order valence-electron chi connectivity index (χ1n) is 10.7. The smallest absolute Gasteiger partial charge is 0.234 e. The lowest BCUT2D eigenvalue weighted by Crippen LogP contribution is -2.17. The Labute approximate surface area is 196 Å². The predicted molar refractivity (Wildman–Crippen MR) is 131 cm³/mol. The van der Waals surface area contributed by atoms with Gasteiger partial charge in [0, 0.05) is 22.9 Å². The number of aromatic nitrogens is 2. The van der Waals surface area contributed by atoms with E-state index in [1.807, 2.05) is 42.5 Å². The standard InChI is InChI=1S/C26H23N3O3S/c1-17-7-9-18(10-8-17)24-26(29-25(28-24)19-5-3-2-4-6-19)33-16-23(30)27-20-11-12-21-22(15-20)32-14-13-31-21/h2-12,15H,13-14,16H2,1H3,(H,27,30)(H,28,29). The van der Waals surface area contributed by atoms with E-state index in [2.05, 4.69) is 41.5 Å². The van der Waals surface area contributed by atoms with Crippen molar-refractivity contribution in [1.82, 2.24) is 9.97 Å². The number of hydrogen-bond donors (Lipinski definition) is 2. The van der Waals surface area contributed by atoms with E-state index < -0.39 is 0 Å². The quantitative estimate of drug-likeness (QED) is 0.371. The Kier molecular flexibility index (Phi) is 6.04. The Hall–Kier alpha value is -3.71. The van der Waals surface area contributed by atoms with Crippen molar-refractivity contribution < 1.29 is 14.3 Å². The molecule has 7 heteroatoms. The number of nitrogens with zero attached hydrogens (tertiary/aromatic N) is 1. The average molecular weight is 458 g/mol. The van der Waals surface area contributed by atoms with Crippen LogP contribution in [-0.2, 0) is 4.79 Å². The van der Waals surface area contributed by atoms with Crippen LogP contribution in [0.5, 0.6) is 11.5 Å². The van der Waals surface area contributed by atoms with Crippen LogP contribution in [0.15, 0.2) is 77.8 Å². The molecule has 4 aromatic rings. The molecule has 1 aliphatic rings. The number of anilines is 1. The number of H-pyrrole nitrogens is 1. The van der Waals surface area contributed by atoms with Gasteiger partial charge in [-0.2, -0.15) is 0 Å². The maximum Gasteiger partial charge on any atom is 0.234 e. The van der Waals surface area contributed by atoms with Crippen molar-refractivity contribution in [1.29, 1.82) is 0 Å². The molecule has 0 bridgehead atoms. The molecular formula is C26H23N3O3S. The van der Waals surface area contributed by atoms with Crippen molar-refractivity contribution in [2.45, 2.75) is 11.9 Å². The fraction of sp³-hybridized carbons (Fsp3) is 0.154. The Morgan fingerprint density at radius 3 is 2.52 bits per heavy atom. The van der Waals surface area contributed by atoms with Crippen LogP contribution in [-0.4, -0.2) is 34.8 Å². The molecule has 0 saturated carbocycles. The molecule has 0 aliphatic carbocycles. The van der Waals surface area contributed by atoms with Crippen LogP contribution in [0, 0.1) is 6.92 Å². The number of hydrogen-bond acceptors (Lipinski definition) is 5. The van der Waals surface area contributed by atoms with Gasteiger partial charge >= 0.3 is 0 Å². The van der Waals surface area contributed by atoms with E-state index in [9.17, 15) is 4.79 Å². The van der Waals surface area contributed by atoms with Gasteiger partial charge in [0.05, 0.1) is 11.4 Å². The van der Waals surface area contributed by atoms with Crippen LogP contribution in [0.3, 0.4) is 0 Å². The average Bonchev–Trinajstić information content (AvgIpc) is 3.28. The normalized spacial score (nSPS) is 12.4. The fourth-order valence-corrected chi connectivity index (χ4v) is 4.37. The maximum atomic E-state index is 12.7. The summed E-state index contributed by atoms with van der Waals surface area (Å²) in [7, 11) is 0. The number of ether oxygens (including phenoxy) is 2. The van der Waals surface area contributed by atoms with Gasteiger partial charge in [-0.1, -0.05) is 71.9 Å². The summed E-state index contributed by atoms with van der Waals surface area (Å²) in [6, 6.07) is 23.7. The molecule has 1 aromatic heterocycles. The SMILES string of the molecule is Cc1ccc(-c2[nH]c(-c3ccccc3)nc2SCC(=O)Nc2ccc3c(c2)OCCO3)cc1. The third-order valence-electron chi connectivity index (χ3n) is 5.22. The molecule has 5 rings (SSSR count). The summed E-state index contributed by atoms with van der Waals surface area (Å²) >= 11 is 1.41. The summed E-state index contributed by atoms with van der Waals surface area (Å²) in [6.07, 6.45) is 0. The van der Waals surface area contributed by atoms with E-state index in [-0.39, 0.29) is 11.7 Å². The zero-order chi connectivity index (χ0) is 22.6. The number of carbonyl (C=O) groups is 1. The number of amides is 1. The molecule has 2 heterocycles. The van der Waals surface area contributed by atoms with Crippen molar-refractivity contribution in [3.8, 4) is 34.1 Å². The second-order valence-corrected chi connectivity index (χ2v) is 8.66. The van der Waals surface area contributed by atoms with Crippen molar-refractivity contribution in [2.24, 2.45) is 0 Å². The van der Waals surface area contributed by atoms with Gasteiger partial charge in [0.2, 0.25) is 5.91 Å². The molecule has 0 unspecified atom stereocenters. The number of carbonyl (C=O) groups excluding carboxylic acids is 1. The Morgan fingerprint density at radius 2 is 1.73 bits per heavy atom. The molecule has 0 fully saturated rings. The molecular weight excluding hydrogens is 434 g/mol. The number of imidazole rings is 1. The van der Waals surface area contributed by atoms with Crippen molar-refractivity contribution in [3.63, 3.8) is 0 Å². The number of benzene rings is 3. The second-order valence-electron chi connectivity index (χ2n) is 7.69. The van der Waals surface area contributed by atoms with Crippen LogP contribution in [0.2, 0.25) is 0 Å². The summed E-state index contributed by atoms with van der Waals surface area (Å²) in [6.45, 7) is 3.10. The molecule has 3 aromatic carbocycles. The minimum atomic E-state index is -0.115. The fourth-order valence-electron chi connectivity index (χ4n) is 3.56. The molecule has 0 saturated heterocycles. The van der Waals surface area contributed by atoms with Crippen LogP contribution in [0.4, 0.5) is 5.69 Å². The van der Waals surface area contributed by atoms with Crippen LogP contribution in [0.1, 0.15) is 5.56 Å². The van der Waals surface area contributed by atoms with E-state index in [4.69, 9.17) is 14.5 Å². The number of thioether (sulfide) groups is 1. The molecule has 1 aliphatic heterocycles. The van der Waals surface area contributed by atoms with Gasteiger partial charge in [-0.3, -0.25) is 4.79 Å². The lowest BCUT2D eigenvalue weighted by Gasteiger charge is -2.18. The van der Waals surface area contributed by atoms with E-state index in [1.165, 1.54) is 17.3 Å². The van der Waals surface area contributed by atoms with Gasteiger partial charge in [0.15, 0.2) is 11.5 Å². The zero-order valence-corrected chi connectivity index (χ0v) is 18.9. The summed E-state index contributed by atoms with van der Waals surface area (Å²) < 4.78 is 11.1. The largest absolute Gasteiger partial charge is 0.486 e. The van der Waals surface area contributed by atoms with Crippen LogP contribution < -0.4 is 14.8 Å². The van der Waals surface area contributed by atoms with Crippen molar-refractivity contribution >= 4 is 23.4 Å². The van der Waals surface area contributed by atoms with Crippen LogP contribution >= 0.6 is 11.8 Å². The van der Waals surface area contributed by atoms with Gasteiger partial charge in [-0.15, -0.1) is 0 Å². The minimum absolute atomic E-state index is 0.115. The lowest BCUT2D eigenvalue weighted by molar-refractivity contribution is -0.113. The minimum Gasteiger partial charge on any atom is -0.486 e. The number of fused-ring (bicyclic) bond motifs is 1. The molecule has 2 N–H and O–H groups in total. The highest BCUT2D eigenvalue weighted by Gasteiger charge is 2.17. The Bertz CT molecular complexity index is 1270. The zero-order valence-electron chi connectivity index (χ0n) is 18.1. The third kappa shape index (κ3) is 4.88. The van der Waals surface area contributed by atoms with E-state index in [1.54, 1.807) is 6.07 Å². The summed E-state index contributed by atoms with van der Waals surface area (Å²) in [5.41, 5.74) is 4.81. The first kappa shape index (κ1) is 21.2. The third-order valence-corrected chi connectivity index (χ3v) is 6.20. The number of aryl methyl sites for hydroxylation is 1. The molecule has 0 atom stereocenters. The first-order chi connectivity index (χ1) is 16.2. The number of rotatable bonds is 6. The highest BCUT2D eigenvalue weighted by molar-refractivity contribution is 8.00. The van der Waals surface area contributed by atoms with E-state index in [0.29, 0.717) is 30.4 Å². The van der Waals surface area contributed by atoms with Gasteiger partial charge in [0.1, 0.15) is 24.1 Å². The summed E-state index contributed by atoms with van der Waals surface area (Å²) in [5.74, 6) is 2.23. The van der Waals surface area contributed by atoms with Crippen LogP contribution in [0.25, 0.3) is 22.6 Å². The van der Waals surface area contributed by atoms with E-state index >= 15 is 0 Å². The van der Waals surface area contributed by atoms with Crippen molar-refractivity contribution in [3.05, 3.63) is 78.4 Å². The highest BCUT2D eigenvalue weighted by atomic mass is 32.2. The molecule has 1 amide bonds.